The molecular weight excluding hydrogens is 1410 g/mol. The maximum atomic E-state index is 5.22. The number of rotatable bonds is 16. The maximum Gasteiger partial charge on any atom is 0.165 e. The van der Waals surface area contributed by atoms with Gasteiger partial charge < -0.3 is 0 Å². The van der Waals surface area contributed by atoms with E-state index in [9.17, 15) is 0 Å². The van der Waals surface area contributed by atoms with Gasteiger partial charge in [0.25, 0.3) is 0 Å². The molecule has 20 rings (SSSR count). The third-order valence-corrected chi connectivity index (χ3v) is 21.5. The largest absolute Gasteiger partial charge is 0.208 e. The number of hydrogen-bond acceptors (Lipinski definition) is 6. The highest BCUT2D eigenvalue weighted by Gasteiger charge is 2.25. The first-order valence-electron chi connectivity index (χ1n) is 39.2. The molecule has 544 valence electrons. The average Bonchev–Trinajstić information content (AvgIpc) is 0.733. The van der Waals surface area contributed by atoms with E-state index in [2.05, 4.69) is 394 Å². The lowest BCUT2D eigenvalue weighted by Crippen LogP contribution is -2.01. The summed E-state index contributed by atoms with van der Waals surface area (Å²) in [5.41, 5.74) is 24.3. The molecule has 0 spiro atoms. The van der Waals surface area contributed by atoms with Gasteiger partial charge >= 0.3 is 0 Å². The van der Waals surface area contributed by atoms with Crippen LogP contribution in [0.4, 0.5) is 0 Å². The second-order valence-electron chi connectivity index (χ2n) is 28.7. The molecule has 0 radical (unpaired) electrons. The predicted molar refractivity (Wildman–Crippen MR) is 482 cm³/mol. The van der Waals surface area contributed by atoms with Crippen molar-refractivity contribution in [3.8, 4) is 90.6 Å². The van der Waals surface area contributed by atoms with Gasteiger partial charge in [-0.25, -0.2) is 29.9 Å². The van der Waals surface area contributed by atoms with Gasteiger partial charge in [-0.1, -0.05) is 425 Å². The predicted octanol–water partition coefficient (Wildman–Crippen LogP) is 27.7. The third-order valence-electron chi connectivity index (χ3n) is 21.5. The summed E-state index contributed by atoms with van der Waals surface area (Å²) < 4.78 is 0. The summed E-state index contributed by atoms with van der Waals surface area (Å²) in [5, 5.41) is 8.96. The van der Waals surface area contributed by atoms with Gasteiger partial charge in [0.15, 0.2) is 34.9 Å². The summed E-state index contributed by atoms with van der Waals surface area (Å²) in [6, 6.07) is 158. The lowest BCUT2D eigenvalue weighted by Gasteiger charge is -2.20. The summed E-state index contributed by atoms with van der Waals surface area (Å²) in [5.74, 6) is 3.85. The van der Waals surface area contributed by atoms with Crippen LogP contribution in [-0.2, 0) is 0 Å². The Bertz CT molecular complexity index is 6810. The van der Waals surface area contributed by atoms with Crippen molar-refractivity contribution in [3.05, 3.63) is 493 Å². The highest BCUT2D eigenvalue weighted by molar-refractivity contribution is 6.21. The van der Waals surface area contributed by atoms with Crippen molar-refractivity contribution in [1.29, 1.82) is 0 Å². The van der Waals surface area contributed by atoms with Gasteiger partial charge in [0.05, 0.1) is 0 Å². The van der Waals surface area contributed by atoms with E-state index in [1.165, 1.54) is 55.5 Å². The van der Waals surface area contributed by atoms with E-state index in [1.54, 1.807) is 0 Å². The first-order valence-corrected chi connectivity index (χ1v) is 39.2. The van der Waals surface area contributed by atoms with Crippen molar-refractivity contribution in [1.82, 2.24) is 29.9 Å². The van der Waals surface area contributed by atoms with Gasteiger partial charge in [-0.2, -0.15) is 0 Å². The van der Waals surface area contributed by atoms with Crippen LogP contribution in [0.25, 0.3) is 156 Å². The van der Waals surface area contributed by atoms with Crippen LogP contribution in [0, 0.1) is 0 Å². The Labute approximate surface area is 674 Å². The lowest BCUT2D eigenvalue weighted by atomic mass is 9.83. The van der Waals surface area contributed by atoms with Crippen molar-refractivity contribution in [2.45, 2.75) is 0 Å². The average molecular weight is 1480 g/mol. The number of benzene rings is 18. The van der Waals surface area contributed by atoms with E-state index >= 15 is 0 Å². The molecule has 0 saturated carbocycles. The Morgan fingerprint density at radius 2 is 0.405 bits per heavy atom. The summed E-state index contributed by atoms with van der Waals surface area (Å²) in [6.45, 7) is 0. The fraction of sp³-hybridized carbons (Fsp3) is 0. The molecule has 0 aliphatic rings. The second-order valence-corrected chi connectivity index (χ2v) is 28.7. The molecule has 18 aromatic carbocycles. The van der Waals surface area contributed by atoms with Gasteiger partial charge in [0.2, 0.25) is 0 Å². The Morgan fingerprint density at radius 1 is 0.138 bits per heavy atom. The van der Waals surface area contributed by atoms with Gasteiger partial charge in [-0.15, -0.1) is 0 Å². The molecule has 0 fully saturated rings. The minimum atomic E-state index is 0.637. The monoisotopic (exact) mass is 1480 g/mol. The summed E-state index contributed by atoms with van der Waals surface area (Å²) in [4.78, 5) is 30.8. The molecule has 0 bridgehead atoms. The molecule has 0 aliphatic heterocycles. The van der Waals surface area contributed by atoms with Gasteiger partial charge in [0, 0.05) is 33.4 Å². The van der Waals surface area contributed by atoms with Crippen molar-refractivity contribution >= 4 is 65.4 Å². The number of hydrogen-bond donors (Lipinski definition) is 0. The van der Waals surface area contributed by atoms with Crippen molar-refractivity contribution in [2.75, 3.05) is 0 Å². The fourth-order valence-electron chi connectivity index (χ4n) is 16.1. The molecule has 0 saturated heterocycles. The van der Waals surface area contributed by atoms with Crippen LogP contribution in [0.1, 0.15) is 44.5 Å². The molecule has 0 N–H and O–H groups in total. The minimum Gasteiger partial charge on any atom is -0.208 e. The van der Waals surface area contributed by atoms with E-state index in [0.29, 0.717) is 34.9 Å². The van der Waals surface area contributed by atoms with Gasteiger partial charge in [-0.05, 0) is 156 Å². The topological polar surface area (TPSA) is 77.3 Å². The number of nitrogens with zero attached hydrogens (tertiary/aromatic N) is 6. The highest BCUT2D eigenvalue weighted by atomic mass is 15.0. The standard InChI is InChI=1S/2C55H37N3/c1-6-21-38(22-7-1)49(39-23-8-2-9-24-39)50(40-25-10-3-11-26-40)43-31-20-32-44(37-43)51-45-33-16-18-35-47(45)52(48-36-19-17-34-46(48)51)55-57-53(41-27-12-4-13-28-41)56-54(58-55)42-29-14-5-15-30-42;1-5-19-39(20-6-1)51(40-21-7-2-8-22-40)52(41-23-9-3-10-24-41)45-29-17-28-44(37-45)47-34-35-50(49-31-16-15-30-48(47)49)55-57-53(42-25-11-4-12-26-42)56-54(58-55)46-33-32-38-18-13-14-27-43(38)36-46/h2*1-37H. The molecule has 116 heavy (non-hydrogen) atoms. The van der Waals surface area contributed by atoms with E-state index in [1.807, 2.05) is 54.6 Å². The quantitative estimate of drug-likeness (QED) is 0.0709. The zero-order chi connectivity index (χ0) is 77.4. The zero-order valence-corrected chi connectivity index (χ0v) is 63.4. The molecule has 0 atom stereocenters. The first-order chi connectivity index (χ1) is 57.6. The first kappa shape index (κ1) is 70.9. The van der Waals surface area contributed by atoms with Crippen LogP contribution in [0.5, 0.6) is 0 Å². The van der Waals surface area contributed by atoms with Gasteiger partial charge in [-0.3, -0.25) is 0 Å². The molecule has 6 heteroatoms. The fourth-order valence-corrected chi connectivity index (χ4v) is 16.1. The molecule has 2 aromatic heterocycles. The van der Waals surface area contributed by atoms with Crippen LogP contribution >= 0.6 is 0 Å². The molecule has 6 nitrogen and oxygen atoms in total. The lowest BCUT2D eigenvalue weighted by molar-refractivity contribution is 1.08. The van der Waals surface area contributed by atoms with Crippen LogP contribution in [0.3, 0.4) is 0 Å². The van der Waals surface area contributed by atoms with E-state index in [4.69, 9.17) is 29.9 Å². The van der Waals surface area contributed by atoms with E-state index in [0.717, 1.165) is 110 Å². The summed E-state index contributed by atoms with van der Waals surface area (Å²) >= 11 is 0. The maximum absolute atomic E-state index is 5.22. The Morgan fingerprint density at radius 3 is 0.810 bits per heavy atom. The molecule has 0 aliphatic carbocycles. The Hall–Kier alpha value is -15.5. The number of aromatic nitrogens is 6. The second kappa shape index (κ2) is 32.4. The third kappa shape index (κ3) is 14.5. The normalized spacial score (nSPS) is 11.1. The van der Waals surface area contributed by atoms with Crippen molar-refractivity contribution < 1.29 is 0 Å². The van der Waals surface area contributed by atoms with E-state index < -0.39 is 0 Å². The molecule has 0 amide bonds. The van der Waals surface area contributed by atoms with Crippen LogP contribution in [0.2, 0.25) is 0 Å². The van der Waals surface area contributed by atoms with Crippen LogP contribution in [0.15, 0.2) is 449 Å². The SMILES string of the molecule is c1ccc(C(=C(c2ccccc2)c2cccc(-c3c4ccccc4c(-c4nc(-c5ccccc5)nc(-c5ccccc5)n4)c4ccccc34)c2)c2ccccc2)cc1.c1ccc(C(=C(c2ccccc2)c2cccc(-c3ccc(-c4nc(-c5ccccc5)nc(-c5ccc6ccccc6c5)n4)c4ccccc34)c2)c2ccccc2)cc1. The molecule has 0 unspecified atom stereocenters. The number of fused-ring (bicyclic) bond motifs is 4. The van der Waals surface area contributed by atoms with Crippen LogP contribution < -0.4 is 0 Å². The molecular formula is C110H74N6. The van der Waals surface area contributed by atoms with Crippen molar-refractivity contribution in [2.24, 2.45) is 0 Å². The Kier molecular flexibility index (Phi) is 19.8. The summed E-state index contributed by atoms with van der Waals surface area (Å²) in [6.07, 6.45) is 0. The van der Waals surface area contributed by atoms with Crippen LogP contribution in [-0.4, -0.2) is 29.9 Å². The minimum absolute atomic E-state index is 0.637. The highest BCUT2D eigenvalue weighted by Crippen LogP contribution is 2.47. The molecule has 2 heterocycles. The Balaban J connectivity index is 0.000000155. The van der Waals surface area contributed by atoms with Gasteiger partial charge in [0.1, 0.15) is 0 Å². The zero-order valence-electron chi connectivity index (χ0n) is 63.4. The molecule has 20 aromatic rings. The van der Waals surface area contributed by atoms with Crippen molar-refractivity contribution in [3.63, 3.8) is 0 Å². The smallest absolute Gasteiger partial charge is 0.165 e. The van der Waals surface area contributed by atoms with E-state index in [-0.39, 0.29) is 0 Å². The summed E-state index contributed by atoms with van der Waals surface area (Å²) in [7, 11) is 0.